The second kappa shape index (κ2) is 6.52. The number of hydrogen-bond donors (Lipinski definition) is 1. The van der Waals surface area contributed by atoms with Gasteiger partial charge in [0.1, 0.15) is 12.3 Å². The first kappa shape index (κ1) is 16.3. The van der Waals surface area contributed by atoms with Crippen LogP contribution in [-0.2, 0) is 9.53 Å². The Kier molecular flexibility index (Phi) is 4.62. The molecular weight excluding hydrogens is 290 g/mol. The molecule has 1 unspecified atom stereocenters. The maximum Gasteiger partial charge on any atom is 0.314 e. The summed E-state index contributed by atoms with van der Waals surface area (Å²) in [4.78, 5) is 12.9. The van der Waals surface area contributed by atoms with Gasteiger partial charge in [0.05, 0.1) is 26.6 Å². The van der Waals surface area contributed by atoms with E-state index in [9.17, 15) is 9.90 Å². The highest BCUT2D eigenvalue weighted by Gasteiger charge is 2.39. The molecule has 3 rings (SSSR count). The van der Waals surface area contributed by atoms with Gasteiger partial charge in [0, 0.05) is 12.0 Å². The first-order chi connectivity index (χ1) is 11.0. The van der Waals surface area contributed by atoms with Crippen LogP contribution >= 0.6 is 0 Å². The van der Waals surface area contributed by atoms with Gasteiger partial charge >= 0.3 is 5.97 Å². The van der Waals surface area contributed by atoms with Crippen molar-refractivity contribution in [1.29, 1.82) is 0 Å². The van der Waals surface area contributed by atoms with Gasteiger partial charge in [-0.3, -0.25) is 4.79 Å². The first-order valence-electron chi connectivity index (χ1n) is 8.77. The number of carbonyl (C=O) groups is 1. The number of para-hydroxylation sites is 1. The summed E-state index contributed by atoms with van der Waals surface area (Å²) in [7, 11) is 4.34. The molecule has 126 valence electrons. The molecule has 0 aromatic heterocycles. The van der Waals surface area contributed by atoms with Crippen LogP contribution in [0.4, 0.5) is 0 Å². The van der Waals surface area contributed by atoms with Crippen LogP contribution in [0, 0.1) is 5.92 Å². The van der Waals surface area contributed by atoms with Crippen molar-refractivity contribution >= 4 is 5.97 Å². The second-order valence-corrected chi connectivity index (χ2v) is 7.77. The number of esters is 1. The number of carbonyl (C=O) groups excluding carboxylic acids is 1. The van der Waals surface area contributed by atoms with Crippen molar-refractivity contribution in [1.82, 2.24) is 0 Å². The summed E-state index contributed by atoms with van der Waals surface area (Å²) in [5.74, 6) is 0.0313. The number of phenolic OH excluding ortho intramolecular Hbond substituents is 1. The highest BCUT2D eigenvalue weighted by atomic mass is 16.5. The average Bonchev–Trinajstić information content (AvgIpc) is 3.11. The third-order valence-corrected chi connectivity index (χ3v) is 5.43. The van der Waals surface area contributed by atoms with E-state index in [1.807, 2.05) is 12.1 Å². The minimum absolute atomic E-state index is 0.00672. The van der Waals surface area contributed by atoms with Crippen molar-refractivity contribution < 1.29 is 19.1 Å². The monoisotopic (exact) mass is 318 g/mol. The Balaban J connectivity index is 1.78. The topological polar surface area (TPSA) is 46.5 Å². The largest absolute Gasteiger partial charge is 0.508 e. The van der Waals surface area contributed by atoms with E-state index in [-0.39, 0.29) is 23.7 Å². The van der Waals surface area contributed by atoms with Gasteiger partial charge in [0.25, 0.3) is 0 Å². The molecule has 0 radical (unpaired) electrons. The predicted octanol–water partition coefficient (Wildman–Crippen LogP) is 3.06. The molecule has 1 aliphatic carbocycles. The van der Waals surface area contributed by atoms with Crippen LogP contribution in [0.15, 0.2) is 24.3 Å². The Morgan fingerprint density at radius 3 is 2.52 bits per heavy atom. The Bertz CT molecular complexity index is 563. The zero-order chi connectivity index (χ0) is 16.4. The fourth-order valence-corrected chi connectivity index (χ4v) is 4.18. The van der Waals surface area contributed by atoms with Gasteiger partial charge < -0.3 is 14.3 Å². The Hall–Kier alpha value is -1.55. The number of rotatable bonds is 4. The van der Waals surface area contributed by atoms with E-state index in [1.54, 1.807) is 12.1 Å². The van der Waals surface area contributed by atoms with Crippen LogP contribution < -0.4 is 0 Å². The number of benzene rings is 1. The molecule has 1 aromatic carbocycles. The molecule has 4 heteroatoms. The molecule has 1 aliphatic heterocycles. The predicted molar refractivity (Wildman–Crippen MR) is 89.1 cm³/mol. The first-order valence-corrected chi connectivity index (χ1v) is 8.77. The van der Waals surface area contributed by atoms with Crippen molar-refractivity contribution in [2.45, 2.75) is 44.1 Å². The summed E-state index contributed by atoms with van der Waals surface area (Å²) in [6.07, 6.45) is 5.34. The standard InChI is InChI=1S/C19H27NO3/c1-20(2)12-11-15(13-20)23-19(22)18(14-7-3-4-8-14)16-9-5-6-10-17(16)21/h5-6,9-10,14-15,18H,3-4,7-8,11-13H2,1-2H3/p+1/t15-,18?/m1/s1. The lowest BCUT2D eigenvalue weighted by atomic mass is 9.84. The second-order valence-electron chi connectivity index (χ2n) is 7.77. The molecule has 1 N–H and O–H groups in total. The molecule has 4 nitrogen and oxygen atoms in total. The highest BCUT2D eigenvalue weighted by Crippen LogP contribution is 2.41. The van der Waals surface area contributed by atoms with Gasteiger partial charge in [0.15, 0.2) is 6.10 Å². The summed E-state index contributed by atoms with van der Waals surface area (Å²) in [5, 5.41) is 10.2. The van der Waals surface area contributed by atoms with Crippen molar-refractivity contribution in [3.05, 3.63) is 29.8 Å². The third-order valence-electron chi connectivity index (χ3n) is 5.43. The smallest absolute Gasteiger partial charge is 0.314 e. The SMILES string of the molecule is C[N+]1(C)CC[C@@H](OC(=O)C(c2ccccc2O)C2CCCC2)C1. The van der Waals surface area contributed by atoms with Crippen molar-refractivity contribution in [2.75, 3.05) is 27.2 Å². The number of quaternary nitrogens is 1. The Morgan fingerprint density at radius 2 is 1.91 bits per heavy atom. The van der Waals surface area contributed by atoms with E-state index in [1.165, 1.54) is 0 Å². The number of phenols is 1. The molecule has 1 saturated heterocycles. The lowest BCUT2D eigenvalue weighted by Gasteiger charge is -2.26. The molecule has 2 atom stereocenters. The quantitative estimate of drug-likeness (QED) is 0.685. The molecule has 0 spiro atoms. The molecule has 2 fully saturated rings. The van der Waals surface area contributed by atoms with Gasteiger partial charge in [-0.1, -0.05) is 31.0 Å². The van der Waals surface area contributed by atoms with Crippen LogP contribution in [0.25, 0.3) is 0 Å². The normalized spacial score (nSPS) is 25.4. The Morgan fingerprint density at radius 1 is 1.22 bits per heavy atom. The Labute approximate surface area is 138 Å². The number of nitrogens with zero attached hydrogens (tertiary/aromatic N) is 1. The summed E-state index contributed by atoms with van der Waals surface area (Å²) < 4.78 is 6.77. The van der Waals surface area contributed by atoms with Gasteiger partial charge in [-0.15, -0.1) is 0 Å². The molecule has 1 heterocycles. The van der Waals surface area contributed by atoms with Crippen LogP contribution in [0.2, 0.25) is 0 Å². The van der Waals surface area contributed by atoms with E-state index in [2.05, 4.69) is 14.1 Å². The van der Waals surface area contributed by atoms with Gasteiger partial charge in [-0.25, -0.2) is 0 Å². The zero-order valence-electron chi connectivity index (χ0n) is 14.2. The minimum Gasteiger partial charge on any atom is -0.508 e. The number of ether oxygens (including phenoxy) is 1. The minimum atomic E-state index is -0.324. The van der Waals surface area contributed by atoms with E-state index >= 15 is 0 Å². The van der Waals surface area contributed by atoms with Crippen LogP contribution in [0.5, 0.6) is 5.75 Å². The molecule has 1 aromatic rings. The highest BCUT2D eigenvalue weighted by molar-refractivity contribution is 5.79. The molecule has 23 heavy (non-hydrogen) atoms. The van der Waals surface area contributed by atoms with Gasteiger partial charge in [0.2, 0.25) is 0 Å². The van der Waals surface area contributed by atoms with Crippen molar-refractivity contribution in [3.63, 3.8) is 0 Å². The maximum absolute atomic E-state index is 12.9. The van der Waals surface area contributed by atoms with Crippen LogP contribution in [-0.4, -0.2) is 48.8 Å². The van der Waals surface area contributed by atoms with E-state index in [0.717, 1.165) is 55.2 Å². The van der Waals surface area contributed by atoms with E-state index < -0.39 is 0 Å². The maximum atomic E-state index is 12.9. The summed E-state index contributed by atoms with van der Waals surface area (Å²) in [6, 6.07) is 7.22. The number of likely N-dealkylation sites (N-methyl/N-ethyl adjacent to an activating group) is 1. The fraction of sp³-hybridized carbons (Fsp3) is 0.632. The van der Waals surface area contributed by atoms with Gasteiger partial charge in [-0.2, -0.15) is 0 Å². The van der Waals surface area contributed by atoms with Crippen LogP contribution in [0.1, 0.15) is 43.6 Å². The van der Waals surface area contributed by atoms with E-state index in [4.69, 9.17) is 4.74 Å². The fourth-order valence-electron chi connectivity index (χ4n) is 4.18. The molecular formula is C19H28NO3+. The van der Waals surface area contributed by atoms with Crippen LogP contribution in [0.3, 0.4) is 0 Å². The van der Waals surface area contributed by atoms with Crippen molar-refractivity contribution in [3.8, 4) is 5.75 Å². The summed E-state index contributed by atoms with van der Waals surface area (Å²) in [5.41, 5.74) is 0.733. The average molecular weight is 318 g/mol. The lowest BCUT2D eigenvalue weighted by molar-refractivity contribution is -0.879. The lowest BCUT2D eigenvalue weighted by Crippen LogP contribution is -2.38. The zero-order valence-corrected chi connectivity index (χ0v) is 14.2. The number of aromatic hydroxyl groups is 1. The molecule has 0 amide bonds. The summed E-state index contributed by atoms with van der Waals surface area (Å²) in [6.45, 7) is 1.92. The number of likely N-dealkylation sites (tertiary alicyclic amines) is 1. The molecule has 0 bridgehead atoms. The van der Waals surface area contributed by atoms with Gasteiger partial charge in [-0.05, 0) is 24.8 Å². The van der Waals surface area contributed by atoms with Crippen molar-refractivity contribution in [2.24, 2.45) is 5.92 Å². The summed E-state index contributed by atoms with van der Waals surface area (Å²) >= 11 is 0. The third kappa shape index (κ3) is 3.69. The number of hydrogen-bond acceptors (Lipinski definition) is 3. The molecule has 1 saturated carbocycles. The molecule has 2 aliphatic rings. The van der Waals surface area contributed by atoms with E-state index in [0.29, 0.717) is 5.92 Å².